The second kappa shape index (κ2) is 8.31. The van der Waals surface area contributed by atoms with Gasteiger partial charge in [-0.2, -0.15) is 0 Å². The van der Waals surface area contributed by atoms with Gasteiger partial charge in [0.2, 0.25) is 5.91 Å². The van der Waals surface area contributed by atoms with E-state index in [-0.39, 0.29) is 12.5 Å². The normalized spacial score (nSPS) is 10.8. The van der Waals surface area contributed by atoms with E-state index in [0.717, 1.165) is 10.2 Å². The Balaban J connectivity index is 1.67. The van der Waals surface area contributed by atoms with Gasteiger partial charge in [-0.05, 0) is 43.3 Å². The lowest BCUT2D eigenvalue weighted by molar-refractivity contribution is -0.117. The average molecular weight is 419 g/mol. The van der Waals surface area contributed by atoms with Crippen molar-refractivity contribution in [3.63, 3.8) is 0 Å². The molecular weight excluding hydrogens is 398 g/mol. The minimum absolute atomic E-state index is 0.237. The van der Waals surface area contributed by atoms with Crippen molar-refractivity contribution in [2.75, 3.05) is 19.5 Å². The second-order valence-corrected chi connectivity index (χ2v) is 6.86. The van der Waals surface area contributed by atoms with Gasteiger partial charge in [0.25, 0.3) is 0 Å². The van der Waals surface area contributed by atoms with Crippen molar-refractivity contribution in [3.8, 4) is 22.9 Å². The highest BCUT2D eigenvalue weighted by molar-refractivity contribution is 5.90. The van der Waals surface area contributed by atoms with Gasteiger partial charge in [0.1, 0.15) is 23.9 Å². The second-order valence-electron chi connectivity index (χ2n) is 6.86. The minimum atomic E-state index is -0.450. The first kappa shape index (κ1) is 20.1. The standard InChI is InChI=1S/C22H21N5O4/c1-14-11-19-25-26(13-20(28)24-16-5-4-6-18(12-16)31-3)22(29)27(19)21(23-14)15-7-9-17(30-2)10-8-15/h4-12H,13H2,1-3H3,(H,24,28). The highest BCUT2D eigenvalue weighted by Crippen LogP contribution is 2.21. The molecule has 9 heteroatoms. The Labute approximate surface area is 177 Å². The first-order chi connectivity index (χ1) is 15.0. The van der Waals surface area contributed by atoms with E-state index in [1.165, 1.54) is 4.40 Å². The molecule has 31 heavy (non-hydrogen) atoms. The lowest BCUT2D eigenvalue weighted by Gasteiger charge is -2.06. The zero-order valence-corrected chi connectivity index (χ0v) is 17.3. The molecule has 2 heterocycles. The van der Waals surface area contributed by atoms with Crippen molar-refractivity contribution < 1.29 is 14.3 Å². The fraction of sp³-hybridized carbons (Fsp3) is 0.182. The number of amides is 1. The summed E-state index contributed by atoms with van der Waals surface area (Å²) in [4.78, 5) is 30.1. The third-order valence-electron chi connectivity index (χ3n) is 4.69. The third kappa shape index (κ3) is 4.11. The number of rotatable bonds is 6. The summed E-state index contributed by atoms with van der Waals surface area (Å²) >= 11 is 0. The fourth-order valence-electron chi connectivity index (χ4n) is 3.23. The Kier molecular flexibility index (Phi) is 5.40. The summed E-state index contributed by atoms with van der Waals surface area (Å²) in [5.41, 5.74) is 1.97. The van der Waals surface area contributed by atoms with Crippen LogP contribution in [0.4, 0.5) is 5.69 Å². The van der Waals surface area contributed by atoms with Gasteiger partial charge in [-0.3, -0.25) is 4.79 Å². The van der Waals surface area contributed by atoms with Gasteiger partial charge in [-0.15, -0.1) is 5.10 Å². The zero-order chi connectivity index (χ0) is 22.0. The van der Waals surface area contributed by atoms with Gasteiger partial charge >= 0.3 is 5.69 Å². The maximum Gasteiger partial charge on any atom is 0.352 e. The molecule has 2 aromatic heterocycles. The molecular formula is C22H21N5O4. The van der Waals surface area contributed by atoms with Crippen molar-refractivity contribution in [3.05, 3.63) is 70.8 Å². The number of nitrogens with zero attached hydrogens (tertiary/aromatic N) is 4. The number of methoxy groups -OCH3 is 2. The van der Waals surface area contributed by atoms with Crippen LogP contribution in [-0.4, -0.2) is 39.3 Å². The molecule has 1 amide bonds. The summed E-state index contributed by atoms with van der Waals surface area (Å²) in [7, 11) is 3.14. The molecule has 0 atom stereocenters. The van der Waals surface area contributed by atoms with Crippen molar-refractivity contribution in [1.82, 2.24) is 19.2 Å². The third-order valence-corrected chi connectivity index (χ3v) is 4.69. The van der Waals surface area contributed by atoms with Gasteiger partial charge in [0.05, 0.1) is 14.2 Å². The SMILES string of the molecule is COc1ccc(-c2nc(C)cc3nn(CC(=O)Nc4cccc(OC)c4)c(=O)n23)cc1. The Morgan fingerprint density at radius 1 is 1.03 bits per heavy atom. The van der Waals surface area contributed by atoms with Crippen LogP contribution in [0.5, 0.6) is 11.5 Å². The van der Waals surface area contributed by atoms with E-state index in [0.29, 0.717) is 34.4 Å². The molecule has 1 N–H and O–H groups in total. The maximum atomic E-state index is 13.0. The van der Waals surface area contributed by atoms with E-state index in [9.17, 15) is 9.59 Å². The van der Waals surface area contributed by atoms with Crippen LogP contribution in [-0.2, 0) is 11.3 Å². The van der Waals surface area contributed by atoms with Crippen LogP contribution >= 0.6 is 0 Å². The number of hydrogen-bond donors (Lipinski definition) is 1. The summed E-state index contributed by atoms with van der Waals surface area (Å²) in [5, 5.41) is 7.07. The van der Waals surface area contributed by atoms with Crippen LogP contribution in [0, 0.1) is 6.92 Å². The molecule has 2 aromatic carbocycles. The van der Waals surface area contributed by atoms with Crippen molar-refractivity contribution >= 4 is 17.2 Å². The lowest BCUT2D eigenvalue weighted by Crippen LogP contribution is -2.28. The quantitative estimate of drug-likeness (QED) is 0.516. The first-order valence-electron chi connectivity index (χ1n) is 9.54. The number of carbonyl (C=O) groups is 1. The molecule has 0 radical (unpaired) electrons. The van der Waals surface area contributed by atoms with Gasteiger partial charge in [0.15, 0.2) is 5.65 Å². The molecule has 0 saturated carbocycles. The molecule has 0 spiro atoms. The summed E-state index contributed by atoms with van der Waals surface area (Å²) in [5.74, 6) is 1.38. The highest BCUT2D eigenvalue weighted by Gasteiger charge is 2.16. The van der Waals surface area contributed by atoms with Crippen LogP contribution in [0.3, 0.4) is 0 Å². The minimum Gasteiger partial charge on any atom is -0.497 e. The van der Waals surface area contributed by atoms with E-state index in [1.807, 2.05) is 19.1 Å². The van der Waals surface area contributed by atoms with Crippen LogP contribution in [0.2, 0.25) is 0 Å². The van der Waals surface area contributed by atoms with Crippen LogP contribution < -0.4 is 20.5 Å². The predicted molar refractivity (Wildman–Crippen MR) is 116 cm³/mol. The Morgan fingerprint density at radius 2 is 1.77 bits per heavy atom. The van der Waals surface area contributed by atoms with Crippen molar-refractivity contribution in [2.45, 2.75) is 13.5 Å². The highest BCUT2D eigenvalue weighted by atomic mass is 16.5. The van der Waals surface area contributed by atoms with Crippen LogP contribution in [0.15, 0.2) is 59.4 Å². The van der Waals surface area contributed by atoms with E-state index in [1.54, 1.807) is 56.7 Å². The van der Waals surface area contributed by atoms with Gasteiger partial charge in [-0.1, -0.05) is 6.07 Å². The molecule has 4 aromatic rings. The number of hydrogen-bond acceptors (Lipinski definition) is 6. The molecule has 0 bridgehead atoms. The van der Waals surface area contributed by atoms with Crippen molar-refractivity contribution in [1.29, 1.82) is 0 Å². The predicted octanol–water partition coefficient (Wildman–Crippen LogP) is 2.52. The molecule has 0 fully saturated rings. The fourth-order valence-corrected chi connectivity index (χ4v) is 3.23. The van der Waals surface area contributed by atoms with Gasteiger partial charge in [0, 0.05) is 29.1 Å². The Morgan fingerprint density at radius 3 is 2.48 bits per heavy atom. The average Bonchev–Trinajstić information content (AvgIpc) is 3.08. The Bertz CT molecular complexity index is 1310. The summed E-state index contributed by atoms with van der Waals surface area (Å²) < 4.78 is 12.9. The molecule has 0 saturated heterocycles. The molecule has 0 aliphatic heterocycles. The number of benzene rings is 2. The molecule has 0 aliphatic carbocycles. The number of nitrogens with one attached hydrogen (secondary N) is 1. The topological polar surface area (TPSA) is 99.8 Å². The van der Waals surface area contributed by atoms with Crippen LogP contribution in [0.25, 0.3) is 17.0 Å². The number of ether oxygens (including phenoxy) is 2. The van der Waals surface area contributed by atoms with Crippen LogP contribution in [0.1, 0.15) is 5.69 Å². The molecule has 9 nitrogen and oxygen atoms in total. The smallest absolute Gasteiger partial charge is 0.352 e. The summed E-state index contributed by atoms with van der Waals surface area (Å²) in [6.45, 7) is 1.59. The number of aromatic nitrogens is 4. The summed E-state index contributed by atoms with van der Waals surface area (Å²) in [6, 6.07) is 15.9. The maximum absolute atomic E-state index is 13.0. The number of aryl methyl sites for hydroxylation is 1. The molecule has 0 unspecified atom stereocenters. The summed E-state index contributed by atoms with van der Waals surface area (Å²) in [6.07, 6.45) is 0. The molecule has 4 rings (SSSR count). The number of carbonyl (C=O) groups excluding carboxylic acids is 1. The Hall–Kier alpha value is -4.14. The van der Waals surface area contributed by atoms with E-state index in [2.05, 4.69) is 15.4 Å². The largest absolute Gasteiger partial charge is 0.497 e. The van der Waals surface area contributed by atoms with E-state index >= 15 is 0 Å². The first-order valence-corrected chi connectivity index (χ1v) is 9.54. The molecule has 0 aliphatic rings. The molecule has 158 valence electrons. The van der Waals surface area contributed by atoms with E-state index < -0.39 is 5.69 Å². The van der Waals surface area contributed by atoms with Gasteiger partial charge in [-0.25, -0.2) is 18.9 Å². The lowest BCUT2D eigenvalue weighted by atomic mass is 10.2. The zero-order valence-electron chi connectivity index (χ0n) is 17.3. The number of anilines is 1. The van der Waals surface area contributed by atoms with E-state index in [4.69, 9.17) is 9.47 Å². The van der Waals surface area contributed by atoms with Crippen molar-refractivity contribution in [2.24, 2.45) is 0 Å². The number of fused-ring (bicyclic) bond motifs is 1. The van der Waals surface area contributed by atoms with Gasteiger partial charge < -0.3 is 14.8 Å². The monoisotopic (exact) mass is 419 g/mol.